The van der Waals surface area contributed by atoms with Gasteiger partial charge in [-0.3, -0.25) is 0 Å². The Kier molecular flexibility index (Phi) is 7.49. The second kappa shape index (κ2) is 13.4. The van der Waals surface area contributed by atoms with Gasteiger partial charge in [-0.25, -0.2) is 0 Å². The van der Waals surface area contributed by atoms with Gasteiger partial charge in [0.25, 0.3) is 0 Å². The molecular formula is C63H47NO. The van der Waals surface area contributed by atoms with Gasteiger partial charge >= 0.3 is 0 Å². The molecule has 7 aliphatic rings. The molecular weight excluding hydrogens is 787 g/mol. The lowest BCUT2D eigenvalue weighted by atomic mass is 9.43. The first-order valence-electron chi connectivity index (χ1n) is 24.0. The Morgan fingerprint density at radius 1 is 0.492 bits per heavy atom. The molecule has 2 heteroatoms. The molecule has 16 rings (SSSR count). The maximum atomic E-state index is 6.79. The fourth-order valence-corrected chi connectivity index (χ4v) is 14.6. The van der Waals surface area contributed by atoms with E-state index in [1.807, 2.05) is 0 Å². The van der Waals surface area contributed by atoms with Gasteiger partial charge in [0.05, 0.1) is 17.3 Å². The van der Waals surface area contributed by atoms with Crippen LogP contribution < -0.4 is 4.90 Å². The van der Waals surface area contributed by atoms with E-state index in [-0.39, 0.29) is 11.3 Å². The van der Waals surface area contributed by atoms with Crippen LogP contribution in [0.4, 0.5) is 11.4 Å². The third kappa shape index (κ3) is 4.95. The van der Waals surface area contributed by atoms with Crippen molar-refractivity contribution in [1.29, 1.82) is 0 Å². The molecule has 4 saturated carbocycles. The van der Waals surface area contributed by atoms with Crippen molar-refractivity contribution >= 4 is 49.7 Å². The van der Waals surface area contributed by atoms with Crippen LogP contribution in [0.2, 0.25) is 0 Å². The zero-order valence-corrected chi connectivity index (χ0v) is 36.3. The highest BCUT2D eigenvalue weighted by Crippen LogP contribution is 2.71. The van der Waals surface area contributed by atoms with E-state index >= 15 is 0 Å². The molecule has 0 aliphatic heterocycles. The van der Waals surface area contributed by atoms with E-state index in [0.717, 1.165) is 56.7 Å². The summed E-state index contributed by atoms with van der Waals surface area (Å²) in [6, 6.07) is 65.7. The van der Waals surface area contributed by atoms with Crippen molar-refractivity contribution in [2.24, 2.45) is 29.6 Å². The molecule has 2 nitrogen and oxygen atoms in total. The molecule has 1 heterocycles. The van der Waals surface area contributed by atoms with Crippen molar-refractivity contribution in [3.05, 3.63) is 222 Å². The van der Waals surface area contributed by atoms with E-state index < -0.39 is 0 Å². The minimum Gasteiger partial charge on any atom is -0.455 e. The van der Waals surface area contributed by atoms with Crippen molar-refractivity contribution in [2.45, 2.75) is 37.5 Å². The summed E-state index contributed by atoms with van der Waals surface area (Å²) >= 11 is 0. The number of allylic oxidation sites excluding steroid dienone is 4. The fourth-order valence-electron chi connectivity index (χ4n) is 14.6. The molecule has 0 radical (unpaired) electrons. The molecule has 4 fully saturated rings. The minimum atomic E-state index is 0.138. The maximum Gasteiger partial charge on any atom is 0.143 e. The fraction of sp³-hybridized carbons (Fsp3) is 0.175. The number of furan rings is 1. The van der Waals surface area contributed by atoms with Gasteiger partial charge < -0.3 is 9.32 Å². The van der Waals surface area contributed by atoms with Gasteiger partial charge in [-0.1, -0.05) is 164 Å². The number of benzene rings is 8. The lowest BCUT2D eigenvalue weighted by Crippen LogP contribution is -2.55. The van der Waals surface area contributed by atoms with Crippen LogP contribution in [0.1, 0.15) is 48.8 Å². The largest absolute Gasteiger partial charge is 0.455 e. The molecule has 65 heavy (non-hydrogen) atoms. The quantitative estimate of drug-likeness (QED) is 0.166. The first-order valence-corrected chi connectivity index (χ1v) is 24.0. The first-order chi connectivity index (χ1) is 32.2. The minimum absolute atomic E-state index is 0.138. The number of para-hydroxylation sites is 2. The van der Waals surface area contributed by atoms with Crippen LogP contribution in [0, 0.1) is 29.6 Å². The number of hydrogen-bond donors (Lipinski definition) is 0. The van der Waals surface area contributed by atoms with E-state index in [1.165, 1.54) is 99.0 Å². The Morgan fingerprint density at radius 2 is 1.14 bits per heavy atom. The summed E-state index contributed by atoms with van der Waals surface area (Å²) in [4.78, 5) is 2.60. The van der Waals surface area contributed by atoms with Crippen molar-refractivity contribution in [2.75, 3.05) is 4.90 Å². The number of hydrogen-bond acceptors (Lipinski definition) is 2. The second-order valence-corrected chi connectivity index (χ2v) is 19.9. The molecule has 4 bridgehead atoms. The lowest BCUT2D eigenvalue weighted by Gasteiger charge is -2.61. The van der Waals surface area contributed by atoms with Crippen molar-refractivity contribution in [3.63, 3.8) is 0 Å². The topological polar surface area (TPSA) is 16.4 Å². The summed E-state index contributed by atoms with van der Waals surface area (Å²) in [5.74, 6) is 3.47. The number of fused-ring (bicyclic) bond motifs is 9. The molecule has 0 N–H and O–H groups in total. The summed E-state index contributed by atoms with van der Waals surface area (Å²) < 4.78 is 6.79. The van der Waals surface area contributed by atoms with Crippen LogP contribution in [-0.2, 0) is 5.41 Å². The van der Waals surface area contributed by atoms with E-state index in [9.17, 15) is 0 Å². The summed E-state index contributed by atoms with van der Waals surface area (Å²) in [7, 11) is 0. The van der Waals surface area contributed by atoms with Crippen LogP contribution in [0.3, 0.4) is 0 Å². The Bertz CT molecular complexity index is 3550. The molecule has 310 valence electrons. The number of anilines is 2. The van der Waals surface area contributed by atoms with Gasteiger partial charge in [-0.2, -0.15) is 0 Å². The molecule has 7 aliphatic carbocycles. The molecule has 1 atom stereocenters. The smallest absolute Gasteiger partial charge is 0.143 e. The van der Waals surface area contributed by atoms with Crippen molar-refractivity contribution in [3.8, 4) is 33.4 Å². The highest BCUT2D eigenvalue weighted by Gasteiger charge is 2.62. The highest BCUT2D eigenvalue weighted by atomic mass is 16.3. The first kappa shape index (κ1) is 36.2. The van der Waals surface area contributed by atoms with E-state index in [1.54, 1.807) is 11.1 Å². The zero-order valence-electron chi connectivity index (χ0n) is 36.3. The Labute approximate surface area is 379 Å². The maximum absolute atomic E-state index is 6.79. The van der Waals surface area contributed by atoms with Gasteiger partial charge in [0, 0.05) is 38.4 Å². The van der Waals surface area contributed by atoms with Gasteiger partial charge in [-0.05, 0) is 142 Å². The van der Waals surface area contributed by atoms with E-state index in [2.05, 4.69) is 199 Å². The molecule has 1 spiro atoms. The van der Waals surface area contributed by atoms with Crippen LogP contribution in [0.5, 0.6) is 0 Å². The molecule has 0 saturated heterocycles. The third-order valence-electron chi connectivity index (χ3n) is 16.8. The Hall–Kier alpha value is -7.16. The molecule has 0 amide bonds. The van der Waals surface area contributed by atoms with Gasteiger partial charge in [0.1, 0.15) is 11.2 Å². The van der Waals surface area contributed by atoms with Gasteiger partial charge in [-0.15, -0.1) is 0 Å². The summed E-state index contributed by atoms with van der Waals surface area (Å²) in [6.45, 7) is 0. The summed E-state index contributed by atoms with van der Waals surface area (Å²) in [6.07, 6.45) is 14.2. The standard InChI is InChI=1S/C63H47NO/c1-2-15-40(16-3-1)44-18-7-10-27-54(44)64(55-28-11-8-20-46(55)47-22-14-30-57-59(47)51-32-31-41-17-4-5-19-45(41)62(51)65-57)56-29-13-24-50-60(61(50)56)49-23-12-26-53-58(49)48-21-6-9-25-52(48)63(53)42-34-38-33-39(36-42)37-43(63)35-38/h1-32,38-39,42-43,61H,33-37H2/t38?,39?,42?,43?,61-,63?/m0/s1. The second-order valence-electron chi connectivity index (χ2n) is 19.9. The Morgan fingerprint density at radius 3 is 1.97 bits per heavy atom. The van der Waals surface area contributed by atoms with Crippen LogP contribution >= 0.6 is 0 Å². The van der Waals surface area contributed by atoms with Crippen LogP contribution in [0.15, 0.2) is 210 Å². The predicted molar refractivity (Wildman–Crippen MR) is 268 cm³/mol. The Balaban J connectivity index is 0.925. The molecule has 8 aromatic carbocycles. The predicted octanol–water partition coefficient (Wildman–Crippen LogP) is 16.5. The average Bonchev–Trinajstić information content (AvgIpc) is 3.85. The SMILES string of the molecule is C1=CC2=C(c3cccc4c3-c3ccccc3C43C4CC5CC(C4)CC3C5)[C@@H]2C(N(c2ccccc2-c2ccccc2)c2ccccc2-c2cccc3oc4c5ccccc5ccc4c23)=C1. The normalized spacial score (nSPS) is 24.2. The zero-order chi connectivity index (χ0) is 42.4. The summed E-state index contributed by atoms with van der Waals surface area (Å²) in [5.41, 5.74) is 21.0. The molecule has 1 aromatic heterocycles. The number of rotatable bonds is 6. The van der Waals surface area contributed by atoms with Crippen molar-refractivity contribution in [1.82, 2.24) is 0 Å². The highest BCUT2D eigenvalue weighted by molar-refractivity contribution is 6.20. The van der Waals surface area contributed by atoms with Crippen LogP contribution in [-0.4, -0.2) is 0 Å². The number of nitrogens with zero attached hydrogens (tertiary/aromatic N) is 1. The van der Waals surface area contributed by atoms with Crippen molar-refractivity contribution < 1.29 is 4.42 Å². The van der Waals surface area contributed by atoms with Gasteiger partial charge in [0.15, 0.2) is 0 Å². The molecule has 9 aromatic rings. The molecule has 0 unspecified atom stereocenters. The average molecular weight is 834 g/mol. The van der Waals surface area contributed by atoms with Crippen LogP contribution in [0.25, 0.3) is 71.7 Å². The monoisotopic (exact) mass is 833 g/mol. The third-order valence-corrected chi connectivity index (χ3v) is 16.8. The van der Waals surface area contributed by atoms with Gasteiger partial charge in [0.2, 0.25) is 0 Å². The van der Waals surface area contributed by atoms with E-state index in [0.29, 0.717) is 0 Å². The summed E-state index contributed by atoms with van der Waals surface area (Å²) in [5, 5.41) is 4.62. The lowest BCUT2D eigenvalue weighted by molar-refractivity contribution is -0.0399. The van der Waals surface area contributed by atoms with E-state index in [4.69, 9.17) is 4.42 Å².